The molecule has 0 radical (unpaired) electrons. The Morgan fingerprint density at radius 1 is 0.350 bits per heavy atom. The summed E-state index contributed by atoms with van der Waals surface area (Å²) in [6.45, 7) is 0. The molecule has 0 heteroatoms. The number of allylic oxidation sites excluding steroid dienone is 6. The van der Waals surface area contributed by atoms with Crippen molar-refractivity contribution in [3.8, 4) is 0 Å². The fraction of sp³-hybridized carbons (Fsp3) is 0.400. The van der Waals surface area contributed by atoms with Crippen molar-refractivity contribution in [2.45, 2.75) is 62.2 Å². The minimum atomic E-state index is 0.275. The van der Waals surface area contributed by atoms with Gasteiger partial charge in [-0.2, -0.15) is 0 Å². The Bertz CT molecular complexity index is 1300. The van der Waals surface area contributed by atoms with Gasteiger partial charge in [-0.3, -0.25) is 0 Å². The van der Waals surface area contributed by atoms with E-state index in [0.717, 1.165) is 35.5 Å². The molecule has 0 aliphatic heterocycles. The van der Waals surface area contributed by atoms with Crippen LogP contribution in [0.2, 0.25) is 0 Å². The van der Waals surface area contributed by atoms with Crippen molar-refractivity contribution in [3.05, 3.63) is 143 Å². The van der Waals surface area contributed by atoms with Crippen molar-refractivity contribution < 1.29 is 0 Å². The lowest BCUT2D eigenvalue weighted by molar-refractivity contribution is 0.584. The van der Waals surface area contributed by atoms with Gasteiger partial charge in [-0.05, 0) is 125 Å². The zero-order chi connectivity index (χ0) is 26.2. The average molecular weight is 521 g/mol. The quantitative estimate of drug-likeness (QED) is 0.224. The van der Waals surface area contributed by atoms with Crippen LogP contribution in [0.1, 0.15) is 95.6 Å². The highest BCUT2D eigenvalue weighted by atomic mass is 14.4. The number of rotatable bonds is 6. The largest absolute Gasteiger partial charge is 0.0851 e. The molecule has 0 spiro atoms. The van der Waals surface area contributed by atoms with Gasteiger partial charge in [-0.15, -0.1) is 0 Å². The van der Waals surface area contributed by atoms with E-state index in [2.05, 4.69) is 109 Å². The molecule has 9 rings (SSSR count). The van der Waals surface area contributed by atoms with E-state index in [9.17, 15) is 0 Å². The molecule has 3 saturated carbocycles. The van der Waals surface area contributed by atoms with Crippen molar-refractivity contribution in [2.24, 2.45) is 35.5 Å². The van der Waals surface area contributed by atoms with Gasteiger partial charge in [-0.25, -0.2) is 0 Å². The van der Waals surface area contributed by atoms with Crippen molar-refractivity contribution in [1.29, 1.82) is 0 Å². The van der Waals surface area contributed by atoms with Crippen LogP contribution in [0.15, 0.2) is 109 Å². The topological polar surface area (TPSA) is 0 Å². The lowest BCUT2D eigenvalue weighted by atomic mass is 9.80. The summed E-state index contributed by atoms with van der Waals surface area (Å²) in [5, 5.41) is 0. The third kappa shape index (κ3) is 3.86. The summed E-state index contributed by atoms with van der Waals surface area (Å²) in [6.07, 6.45) is 22.9. The zero-order valence-electron chi connectivity index (χ0n) is 23.4. The predicted molar refractivity (Wildman–Crippen MR) is 165 cm³/mol. The lowest BCUT2D eigenvalue weighted by Crippen LogP contribution is -2.09. The van der Waals surface area contributed by atoms with Crippen LogP contribution in [0.3, 0.4) is 0 Å². The van der Waals surface area contributed by atoms with Crippen LogP contribution < -0.4 is 0 Å². The highest BCUT2D eigenvalue weighted by Gasteiger charge is 2.38. The van der Waals surface area contributed by atoms with Gasteiger partial charge >= 0.3 is 0 Å². The third-order valence-electron chi connectivity index (χ3n) is 11.9. The molecule has 6 aliphatic carbocycles. The van der Waals surface area contributed by atoms with Gasteiger partial charge in [0.25, 0.3) is 0 Å². The summed E-state index contributed by atoms with van der Waals surface area (Å²) in [5.41, 5.74) is 8.90. The summed E-state index contributed by atoms with van der Waals surface area (Å²) in [4.78, 5) is 0. The molecule has 0 N–H and O–H groups in total. The summed E-state index contributed by atoms with van der Waals surface area (Å²) in [7, 11) is 0. The Kier molecular flexibility index (Phi) is 5.42. The third-order valence-corrected chi connectivity index (χ3v) is 11.9. The Hall–Kier alpha value is -3.12. The molecule has 0 saturated heterocycles. The van der Waals surface area contributed by atoms with Gasteiger partial charge in [0.05, 0.1) is 0 Å². The van der Waals surface area contributed by atoms with E-state index in [1.54, 1.807) is 16.7 Å². The Balaban J connectivity index is 1.04. The second-order valence-corrected chi connectivity index (χ2v) is 14.1. The fourth-order valence-electron chi connectivity index (χ4n) is 9.88. The first-order valence-corrected chi connectivity index (χ1v) is 16.1. The zero-order valence-corrected chi connectivity index (χ0v) is 23.4. The van der Waals surface area contributed by atoms with Crippen LogP contribution in [-0.2, 0) is 0 Å². The number of benzene rings is 3. The van der Waals surface area contributed by atoms with Gasteiger partial charge < -0.3 is 0 Å². The molecule has 0 amide bonds. The molecule has 3 aromatic carbocycles. The van der Waals surface area contributed by atoms with Crippen LogP contribution in [-0.4, -0.2) is 0 Å². The monoisotopic (exact) mass is 520 g/mol. The molecule has 0 nitrogen and oxygen atoms in total. The lowest BCUT2D eigenvalue weighted by Gasteiger charge is -2.24. The van der Waals surface area contributed by atoms with E-state index in [0.29, 0.717) is 17.8 Å². The Morgan fingerprint density at radius 2 is 0.650 bits per heavy atom. The minimum absolute atomic E-state index is 0.275. The maximum absolute atomic E-state index is 2.48. The first-order valence-electron chi connectivity index (χ1n) is 16.1. The molecule has 6 bridgehead atoms. The van der Waals surface area contributed by atoms with Crippen LogP contribution in [0.4, 0.5) is 0 Å². The normalized spacial score (nSPS) is 36.8. The SMILES string of the molecule is C1=CC2CC1CC2c1ccc(C(c2ccc(C3CC4C=CC3C4)cc2)c2ccc(C3CC4C=CC3C4)cc2)cc1. The van der Waals surface area contributed by atoms with Crippen LogP contribution >= 0.6 is 0 Å². The van der Waals surface area contributed by atoms with Gasteiger partial charge in [0.15, 0.2) is 0 Å². The minimum Gasteiger partial charge on any atom is -0.0851 e. The van der Waals surface area contributed by atoms with E-state index in [1.807, 2.05) is 0 Å². The van der Waals surface area contributed by atoms with Gasteiger partial charge in [-0.1, -0.05) is 109 Å². The molecule has 9 atom stereocenters. The summed E-state index contributed by atoms with van der Waals surface area (Å²) in [6, 6.07) is 29.4. The van der Waals surface area contributed by atoms with E-state index in [4.69, 9.17) is 0 Å². The number of hydrogen-bond donors (Lipinski definition) is 0. The summed E-state index contributed by atoms with van der Waals surface area (Å²) in [5.74, 6) is 7.14. The van der Waals surface area contributed by atoms with Crippen molar-refractivity contribution in [2.75, 3.05) is 0 Å². The van der Waals surface area contributed by atoms with Crippen molar-refractivity contribution in [3.63, 3.8) is 0 Å². The summed E-state index contributed by atoms with van der Waals surface area (Å²) >= 11 is 0. The highest BCUT2D eigenvalue weighted by molar-refractivity contribution is 5.47. The molecule has 9 unspecified atom stereocenters. The molecule has 0 heterocycles. The van der Waals surface area contributed by atoms with Crippen molar-refractivity contribution in [1.82, 2.24) is 0 Å². The number of hydrogen-bond acceptors (Lipinski definition) is 0. The van der Waals surface area contributed by atoms with Gasteiger partial charge in [0.2, 0.25) is 0 Å². The molecular formula is C40H40. The molecule has 40 heavy (non-hydrogen) atoms. The fourth-order valence-corrected chi connectivity index (χ4v) is 9.88. The Morgan fingerprint density at radius 3 is 0.875 bits per heavy atom. The summed E-state index contributed by atoms with van der Waals surface area (Å²) < 4.78 is 0. The van der Waals surface area contributed by atoms with Crippen LogP contribution in [0.5, 0.6) is 0 Å². The highest BCUT2D eigenvalue weighted by Crippen LogP contribution is 2.51. The number of fused-ring (bicyclic) bond motifs is 6. The first kappa shape index (κ1) is 23.6. The van der Waals surface area contributed by atoms with Gasteiger partial charge in [0.1, 0.15) is 0 Å². The van der Waals surface area contributed by atoms with Crippen LogP contribution in [0.25, 0.3) is 0 Å². The van der Waals surface area contributed by atoms with E-state index in [1.165, 1.54) is 55.2 Å². The molecule has 0 aromatic heterocycles. The maximum Gasteiger partial charge on any atom is 0.0339 e. The van der Waals surface area contributed by atoms with Gasteiger partial charge in [0, 0.05) is 5.92 Å². The van der Waals surface area contributed by atoms with E-state index < -0.39 is 0 Å². The predicted octanol–water partition coefficient (Wildman–Crippen LogP) is 9.91. The molecule has 3 aromatic rings. The maximum atomic E-state index is 2.48. The second-order valence-electron chi connectivity index (χ2n) is 14.1. The van der Waals surface area contributed by atoms with Crippen molar-refractivity contribution >= 4 is 0 Å². The average Bonchev–Trinajstić information content (AvgIpc) is 3.87. The first-order chi connectivity index (χ1) is 19.7. The van der Waals surface area contributed by atoms with E-state index >= 15 is 0 Å². The standard InChI is InChI=1S/C40H40/c1-4-34-19-25(1)22-37(34)28-7-13-31(14-8-28)40(32-15-9-29(10-16-32)38-23-26-2-5-35(38)20-26)33-17-11-30(12-18-33)39-24-27-3-6-36(39)21-27/h1-18,25-27,34-40H,19-24H2. The molecule has 200 valence electrons. The molecular weight excluding hydrogens is 480 g/mol. The van der Waals surface area contributed by atoms with Crippen LogP contribution in [0, 0.1) is 35.5 Å². The molecule has 6 aliphatic rings. The molecule has 3 fully saturated rings. The van der Waals surface area contributed by atoms with E-state index in [-0.39, 0.29) is 5.92 Å². The second kappa shape index (κ2) is 9.20. The Labute approximate surface area is 239 Å². The smallest absolute Gasteiger partial charge is 0.0339 e.